The van der Waals surface area contributed by atoms with Crippen molar-refractivity contribution in [3.05, 3.63) is 30.5 Å². The maximum absolute atomic E-state index is 11.8. The molecule has 5 atom stereocenters. The number of nitrogens with one attached hydrogen (secondary N) is 2. The number of methoxy groups -OCH3 is 1. The van der Waals surface area contributed by atoms with Crippen LogP contribution in [0.15, 0.2) is 30.5 Å². The molecule has 12 heteroatoms. The molecule has 5 unspecified atom stereocenters. The Labute approximate surface area is 216 Å². The van der Waals surface area contributed by atoms with Gasteiger partial charge in [0.2, 0.25) is 11.8 Å². The van der Waals surface area contributed by atoms with Crippen LogP contribution in [0.4, 0.5) is 0 Å². The van der Waals surface area contributed by atoms with Gasteiger partial charge in [-0.05, 0) is 31.4 Å². The number of aliphatic hydroxyl groups excluding tert-OH is 2. The number of aromatic nitrogens is 3. The van der Waals surface area contributed by atoms with E-state index in [1.54, 1.807) is 13.3 Å². The Morgan fingerprint density at radius 3 is 2.76 bits per heavy atom. The van der Waals surface area contributed by atoms with Gasteiger partial charge in [-0.15, -0.1) is 5.10 Å². The molecule has 0 bridgehead atoms. The summed E-state index contributed by atoms with van der Waals surface area (Å²) >= 11 is 0. The molecule has 37 heavy (non-hydrogen) atoms. The maximum Gasteiger partial charge on any atom is 0.219 e. The van der Waals surface area contributed by atoms with Gasteiger partial charge in [-0.25, -0.2) is 4.68 Å². The molecule has 0 saturated carbocycles. The van der Waals surface area contributed by atoms with E-state index >= 15 is 0 Å². The van der Waals surface area contributed by atoms with Gasteiger partial charge in [0.1, 0.15) is 35.8 Å². The van der Waals surface area contributed by atoms with Crippen LogP contribution in [0.1, 0.15) is 39.5 Å². The molecule has 0 radical (unpaired) electrons. The van der Waals surface area contributed by atoms with Crippen LogP contribution in [0.3, 0.4) is 0 Å². The van der Waals surface area contributed by atoms with Gasteiger partial charge in [0.05, 0.1) is 19.9 Å². The topological polar surface area (TPSA) is 157 Å². The Kier molecular flexibility index (Phi) is 10.8. The van der Waals surface area contributed by atoms with Crippen molar-refractivity contribution < 1.29 is 34.0 Å². The Bertz CT molecular complexity index is 1020. The number of ether oxygens (including phenoxy) is 3. The van der Waals surface area contributed by atoms with E-state index in [4.69, 9.17) is 14.2 Å². The Morgan fingerprint density at radius 1 is 1.22 bits per heavy atom. The zero-order valence-electron chi connectivity index (χ0n) is 21.5. The van der Waals surface area contributed by atoms with E-state index in [-0.39, 0.29) is 19.1 Å². The van der Waals surface area contributed by atoms with E-state index in [0.29, 0.717) is 37.3 Å². The minimum Gasteiger partial charge on any atom is -0.497 e. The predicted molar refractivity (Wildman–Crippen MR) is 133 cm³/mol. The van der Waals surface area contributed by atoms with E-state index in [1.807, 2.05) is 31.2 Å². The number of nitrogens with zero attached hydrogens (tertiary/aromatic N) is 3. The Balaban J connectivity index is 1.61. The summed E-state index contributed by atoms with van der Waals surface area (Å²) in [6.07, 6.45) is -0.322. The van der Waals surface area contributed by atoms with Crippen molar-refractivity contribution in [2.45, 2.75) is 76.7 Å². The average Bonchev–Trinajstić information content (AvgIpc) is 3.36. The number of unbranched alkanes of at least 4 members (excludes halogenated alkanes) is 1. The molecule has 2 amide bonds. The number of carbonyl (C=O) groups excluding carboxylic acids is 2. The van der Waals surface area contributed by atoms with Crippen molar-refractivity contribution in [1.29, 1.82) is 0 Å². The van der Waals surface area contributed by atoms with Crippen LogP contribution >= 0.6 is 0 Å². The number of aliphatic hydroxyl groups is 2. The summed E-state index contributed by atoms with van der Waals surface area (Å²) in [5, 5.41) is 35.2. The first-order valence-electron chi connectivity index (χ1n) is 12.5. The van der Waals surface area contributed by atoms with E-state index < -0.39 is 36.6 Å². The highest BCUT2D eigenvalue weighted by Crippen LogP contribution is 2.25. The summed E-state index contributed by atoms with van der Waals surface area (Å²) in [6, 6.07) is 6.43. The molecule has 4 N–H and O–H groups in total. The van der Waals surface area contributed by atoms with Crippen LogP contribution in [0.25, 0.3) is 11.3 Å². The molecular formula is C25H37N5O7. The summed E-state index contributed by atoms with van der Waals surface area (Å²) in [4.78, 5) is 23.5. The second-order valence-electron chi connectivity index (χ2n) is 8.99. The molecule has 12 nitrogen and oxygen atoms in total. The molecule has 0 aliphatic carbocycles. The third kappa shape index (κ3) is 8.22. The van der Waals surface area contributed by atoms with Crippen molar-refractivity contribution in [2.75, 3.05) is 20.3 Å². The molecule has 1 aliphatic rings. The van der Waals surface area contributed by atoms with E-state index in [9.17, 15) is 19.8 Å². The fourth-order valence-corrected chi connectivity index (χ4v) is 4.04. The first-order valence-corrected chi connectivity index (χ1v) is 12.5. The summed E-state index contributed by atoms with van der Waals surface area (Å²) in [5.41, 5.74) is 1.42. The van der Waals surface area contributed by atoms with E-state index in [1.165, 1.54) is 11.6 Å². The number of hydrogen-bond acceptors (Lipinski definition) is 9. The molecule has 0 spiro atoms. The van der Waals surface area contributed by atoms with Gasteiger partial charge in [0.25, 0.3) is 0 Å². The molecule has 1 aliphatic heterocycles. The third-order valence-corrected chi connectivity index (χ3v) is 5.99. The zero-order valence-corrected chi connectivity index (χ0v) is 21.5. The lowest BCUT2D eigenvalue weighted by Gasteiger charge is -2.42. The van der Waals surface area contributed by atoms with Crippen molar-refractivity contribution in [1.82, 2.24) is 25.6 Å². The smallest absolute Gasteiger partial charge is 0.219 e. The third-order valence-electron chi connectivity index (χ3n) is 5.99. The lowest BCUT2D eigenvalue weighted by molar-refractivity contribution is -0.267. The minimum atomic E-state index is -1.33. The van der Waals surface area contributed by atoms with Gasteiger partial charge >= 0.3 is 0 Å². The van der Waals surface area contributed by atoms with Crippen LogP contribution in [-0.2, 0) is 25.6 Å². The van der Waals surface area contributed by atoms with Crippen LogP contribution in [0.2, 0.25) is 0 Å². The van der Waals surface area contributed by atoms with Gasteiger partial charge in [0, 0.05) is 32.1 Å². The largest absolute Gasteiger partial charge is 0.497 e. The average molecular weight is 520 g/mol. The van der Waals surface area contributed by atoms with E-state index in [2.05, 4.69) is 20.9 Å². The number of rotatable bonds is 13. The van der Waals surface area contributed by atoms with Crippen molar-refractivity contribution in [2.24, 2.45) is 0 Å². The van der Waals surface area contributed by atoms with Gasteiger partial charge < -0.3 is 35.1 Å². The molecule has 3 rings (SSSR count). The molecule has 204 valence electrons. The van der Waals surface area contributed by atoms with Crippen molar-refractivity contribution in [3.8, 4) is 17.0 Å². The van der Waals surface area contributed by atoms with E-state index in [0.717, 1.165) is 12.0 Å². The highest BCUT2D eigenvalue weighted by molar-refractivity contribution is 5.75. The molecule has 1 fully saturated rings. The zero-order chi connectivity index (χ0) is 26.8. The number of carbonyl (C=O) groups is 2. The molecule has 2 heterocycles. The quantitative estimate of drug-likeness (QED) is 0.279. The lowest BCUT2D eigenvalue weighted by atomic mass is 9.96. The Hall–Kier alpha value is -3.06. The van der Waals surface area contributed by atoms with Crippen LogP contribution < -0.4 is 15.4 Å². The molecule has 1 aromatic heterocycles. The van der Waals surface area contributed by atoms with Crippen LogP contribution in [0.5, 0.6) is 5.75 Å². The normalized spacial score (nSPS) is 23.4. The molecule has 1 aromatic carbocycles. The SMILES string of the molecule is CCCNC(=O)CCCCOC1OC(Cn2cc(-c3cccc(OC)c3)nn2)C(O)C(O)C1NC(C)=O. The highest BCUT2D eigenvalue weighted by Gasteiger charge is 2.45. The Morgan fingerprint density at radius 2 is 2.03 bits per heavy atom. The number of benzene rings is 1. The van der Waals surface area contributed by atoms with Crippen molar-refractivity contribution >= 4 is 11.8 Å². The summed E-state index contributed by atoms with van der Waals surface area (Å²) in [5.74, 6) is 0.289. The van der Waals surface area contributed by atoms with Gasteiger partial charge in [-0.1, -0.05) is 24.3 Å². The standard InChI is InChI=1S/C25H37N5O7/c1-4-11-26-21(32)10-5-6-12-36-25-22(27-16(2)31)24(34)23(33)20(37-25)15-30-14-19(28-29-30)17-8-7-9-18(13-17)35-3/h7-9,13-14,20,22-25,33-34H,4-6,10-12,15H2,1-3H3,(H,26,32)(H,27,31). The number of amides is 2. The van der Waals surface area contributed by atoms with Gasteiger partial charge in [-0.3, -0.25) is 9.59 Å². The van der Waals surface area contributed by atoms with Crippen LogP contribution in [-0.4, -0.2) is 87.9 Å². The van der Waals surface area contributed by atoms with Crippen LogP contribution in [0, 0.1) is 0 Å². The summed E-state index contributed by atoms with van der Waals surface area (Å²) < 4.78 is 18.6. The fraction of sp³-hybridized carbons (Fsp3) is 0.600. The van der Waals surface area contributed by atoms with Crippen molar-refractivity contribution in [3.63, 3.8) is 0 Å². The predicted octanol–water partition coefficient (Wildman–Crippen LogP) is 0.618. The highest BCUT2D eigenvalue weighted by atomic mass is 16.7. The molecule has 2 aromatic rings. The summed E-state index contributed by atoms with van der Waals surface area (Å²) in [7, 11) is 1.58. The maximum atomic E-state index is 11.8. The van der Waals surface area contributed by atoms with Gasteiger partial charge in [0.15, 0.2) is 6.29 Å². The lowest BCUT2D eigenvalue weighted by Crippen LogP contribution is -2.64. The molecule has 1 saturated heterocycles. The fourth-order valence-electron chi connectivity index (χ4n) is 4.04. The molecular weight excluding hydrogens is 482 g/mol. The first kappa shape index (κ1) is 28.5. The number of hydrogen-bond donors (Lipinski definition) is 4. The minimum absolute atomic E-state index is 0.00774. The van der Waals surface area contributed by atoms with Gasteiger partial charge in [-0.2, -0.15) is 0 Å². The first-order chi connectivity index (χ1) is 17.8. The second-order valence-corrected chi connectivity index (χ2v) is 8.99. The second kappa shape index (κ2) is 14.0. The summed E-state index contributed by atoms with van der Waals surface area (Å²) in [6.45, 7) is 4.30. The monoisotopic (exact) mass is 519 g/mol.